The van der Waals surface area contributed by atoms with Crippen LogP contribution in [0, 0.1) is 4.78 Å². The van der Waals surface area contributed by atoms with Gasteiger partial charge in [-0.1, -0.05) is 35.1 Å². The Labute approximate surface area is 91.6 Å². The summed E-state index contributed by atoms with van der Waals surface area (Å²) in [6.45, 7) is 0. The molecule has 1 atom stereocenters. The summed E-state index contributed by atoms with van der Waals surface area (Å²) in [5.41, 5.74) is 0. The van der Waals surface area contributed by atoms with Crippen molar-refractivity contribution in [3.63, 3.8) is 0 Å². The van der Waals surface area contributed by atoms with Gasteiger partial charge >= 0.3 is 0 Å². The Morgan fingerprint density at radius 2 is 2.07 bits per heavy atom. The molecule has 1 aliphatic rings. The molecule has 1 unspecified atom stereocenters. The third kappa shape index (κ3) is 2.15. The van der Waals surface area contributed by atoms with Crippen molar-refractivity contribution >= 4 is 22.3 Å². The van der Waals surface area contributed by atoms with Crippen LogP contribution in [0.15, 0.2) is 23.2 Å². The van der Waals surface area contributed by atoms with Crippen molar-refractivity contribution in [3.05, 3.63) is 23.5 Å². The molecule has 0 spiro atoms. The number of halogens is 1. The maximum atomic E-state index is 8.13. The van der Waals surface area contributed by atoms with Crippen LogP contribution in [-0.2, 0) is 10.7 Å². The number of nitrogens with one attached hydrogen (secondary N) is 1. The van der Waals surface area contributed by atoms with Crippen LogP contribution in [0.5, 0.6) is 0 Å². The quantitative estimate of drug-likeness (QED) is 0.774. The first-order valence-corrected chi connectivity index (χ1v) is 6.50. The smallest absolute Gasteiger partial charge is 0.129 e. The highest BCUT2D eigenvalue weighted by Gasteiger charge is 2.19. The Hall–Kier alpha value is -0.410. The van der Waals surface area contributed by atoms with Crippen LogP contribution in [0.25, 0.3) is 0 Å². The van der Waals surface area contributed by atoms with Crippen LogP contribution < -0.4 is 0 Å². The molecular formula is C10H13ClN2S. The fraction of sp³-hybridized carbons (Fsp3) is 0.500. The topological polar surface area (TPSA) is 36.7 Å². The van der Waals surface area contributed by atoms with Crippen molar-refractivity contribution in [1.29, 1.82) is 4.78 Å². The number of hydrogen-bond donors (Lipinski definition) is 1. The summed E-state index contributed by atoms with van der Waals surface area (Å²) in [5.74, 6) is 0. The molecular weight excluding hydrogens is 216 g/mol. The lowest BCUT2D eigenvalue weighted by molar-refractivity contribution is 0.886. The Kier molecular flexibility index (Phi) is 3.19. The van der Waals surface area contributed by atoms with E-state index in [1.807, 2.05) is 6.07 Å². The van der Waals surface area contributed by atoms with E-state index >= 15 is 0 Å². The summed E-state index contributed by atoms with van der Waals surface area (Å²) in [6, 6.07) is 3.71. The first-order chi connectivity index (χ1) is 6.77. The fourth-order valence-corrected chi connectivity index (χ4v) is 3.49. The van der Waals surface area contributed by atoms with Crippen molar-refractivity contribution in [3.8, 4) is 0 Å². The summed E-state index contributed by atoms with van der Waals surface area (Å²) >= 11 is 5.71. The zero-order valence-corrected chi connectivity index (χ0v) is 9.44. The minimum absolute atomic E-state index is 0.388. The predicted molar refractivity (Wildman–Crippen MR) is 59.9 cm³/mol. The molecule has 1 saturated carbocycles. The second kappa shape index (κ2) is 4.41. The average molecular weight is 229 g/mol. The average Bonchev–Trinajstić information content (AvgIpc) is 2.71. The van der Waals surface area contributed by atoms with Crippen molar-refractivity contribution < 1.29 is 0 Å². The molecule has 1 aliphatic carbocycles. The SMILES string of the molecule is N=S(c1ccc(Cl)nc1)C1CCCC1. The van der Waals surface area contributed by atoms with Gasteiger partial charge < -0.3 is 0 Å². The van der Waals surface area contributed by atoms with Crippen molar-refractivity contribution in [1.82, 2.24) is 4.98 Å². The Morgan fingerprint density at radius 1 is 1.36 bits per heavy atom. The molecule has 76 valence electrons. The molecule has 2 nitrogen and oxygen atoms in total. The van der Waals surface area contributed by atoms with E-state index in [0.29, 0.717) is 10.4 Å². The van der Waals surface area contributed by atoms with E-state index < -0.39 is 0 Å². The third-order valence-corrected chi connectivity index (χ3v) is 4.70. The standard InChI is InChI=1S/C10H13ClN2S/c11-10-6-5-9(7-13-10)14(12)8-3-1-2-4-8/h5-8,12H,1-4H2. The summed E-state index contributed by atoms with van der Waals surface area (Å²) in [4.78, 5) is 5.05. The molecule has 0 aromatic carbocycles. The zero-order chi connectivity index (χ0) is 9.97. The summed E-state index contributed by atoms with van der Waals surface area (Å²) in [7, 11) is -0.388. The molecule has 0 saturated heterocycles. The maximum absolute atomic E-state index is 8.13. The largest absolute Gasteiger partial charge is 0.275 e. The Bertz CT molecular complexity index is 330. The van der Waals surface area contributed by atoms with Crippen LogP contribution in [-0.4, -0.2) is 10.2 Å². The number of nitrogens with zero attached hydrogens (tertiary/aromatic N) is 1. The lowest BCUT2D eigenvalue weighted by atomic mass is 10.4. The summed E-state index contributed by atoms with van der Waals surface area (Å²) < 4.78 is 8.13. The molecule has 0 radical (unpaired) electrons. The van der Waals surface area contributed by atoms with E-state index in [-0.39, 0.29) is 10.7 Å². The van der Waals surface area contributed by atoms with Crippen LogP contribution in [0.2, 0.25) is 5.15 Å². The van der Waals surface area contributed by atoms with Gasteiger partial charge in [-0.05, 0) is 25.0 Å². The highest BCUT2D eigenvalue weighted by atomic mass is 35.5. The number of aromatic nitrogens is 1. The van der Waals surface area contributed by atoms with Gasteiger partial charge in [-0.15, -0.1) is 0 Å². The van der Waals surface area contributed by atoms with E-state index in [9.17, 15) is 0 Å². The minimum atomic E-state index is -0.388. The first-order valence-electron chi connectivity index (χ1n) is 4.83. The van der Waals surface area contributed by atoms with Crippen LogP contribution in [0.1, 0.15) is 25.7 Å². The van der Waals surface area contributed by atoms with Crippen molar-refractivity contribution in [2.45, 2.75) is 35.8 Å². The normalized spacial score (nSPS) is 19.8. The Balaban J connectivity index is 2.14. The second-order valence-corrected chi connectivity index (χ2v) is 5.76. The van der Waals surface area contributed by atoms with Crippen LogP contribution in [0.4, 0.5) is 0 Å². The van der Waals surface area contributed by atoms with E-state index in [0.717, 1.165) is 4.90 Å². The van der Waals surface area contributed by atoms with Gasteiger partial charge in [-0.3, -0.25) is 4.78 Å². The molecule has 2 rings (SSSR count). The van der Waals surface area contributed by atoms with Gasteiger partial charge in [0.1, 0.15) is 5.15 Å². The second-order valence-electron chi connectivity index (χ2n) is 3.56. The highest BCUT2D eigenvalue weighted by Crippen LogP contribution is 2.27. The lowest BCUT2D eigenvalue weighted by Crippen LogP contribution is -2.09. The molecule has 1 heterocycles. The van der Waals surface area contributed by atoms with Gasteiger partial charge in [0.25, 0.3) is 0 Å². The van der Waals surface area contributed by atoms with Gasteiger partial charge in [-0.2, -0.15) is 0 Å². The number of rotatable bonds is 2. The van der Waals surface area contributed by atoms with Gasteiger partial charge in [0.2, 0.25) is 0 Å². The lowest BCUT2D eigenvalue weighted by Gasteiger charge is -2.11. The van der Waals surface area contributed by atoms with Crippen molar-refractivity contribution in [2.75, 3.05) is 0 Å². The van der Waals surface area contributed by atoms with Gasteiger partial charge in [-0.25, -0.2) is 4.98 Å². The minimum Gasteiger partial charge on any atom is -0.275 e. The molecule has 1 fully saturated rings. The third-order valence-electron chi connectivity index (χ3n) is 2.59. The van der Waals surface area contributed by atoms with Gasteiger partial charge in [0.05, 0.1) is 0 Å². The zero-order valence-electron chi connectivity index (χ0n) is 7.87. The van der Waals surface area contributed by atoms with Crippen molar-refractivity contribution in [2.24, 2.45) is 0 Å². The maximum Gasteiger partial charge on any atom is 0.129 e. The van der Waals surface area contributed by atoms with Gasteiger partial charge in [0, 0.05) is 16.3 Å². The first kappa shape index (κ1) is 10.1. The van der Waals surface area contributed by atoms with Crippen LogP contribution >= 0.6 is 11.6 Å². The predicted octanol–water partition coefficient (Wildman–Crippen LogP) is 3.42. The summed E-state index contributed by atoms with van der Waals surface area (Å²) in [5, 5.41) is 1.06. The molecule has 1 N–H and O–H groups in total. The molecule has 4 heteroatoms. The summed E-state index contributed by atoms with van der Waals surface area (Å²) in [6.07, 6.45) is 6.73. The molecule has 0 amide bonds. The fourth-order valence-electron chi connectivity index (χ4n) is 1.81. The highest BCUT2D eigenvalue weighted by molar-refractivity contribution is 7.86. The van der Waals surface area contributed by atoms with E-state index in [1.165, 1.54) is 25.7 Å². The van der Waals surface area contributed by atoms with E-state index in [2.05, 4.69) is 4.98 Å². The molecule has 0 bridgehead atoms. The number of pyridine rings is 1. The molecule has 14 heavy (non-hydrogen) atoms. The molecule has 0 aliphatic heterocycles. The van der Waals surface area contributed by atoms with Crippen LogP contribution in [0.3, 0.4) is 0 Å². The monoisotopic (exact) mass is 228 g/mol. The van der Waals surface area contributed by atoms with E-state index in [1.54, 1.807) is 12.3 Å². The molecule has 1 aromatic rings. The Morgan fingerprint density at radius 3 is 2.64 bits per heavy atom. The number of hydrogen-bond acceptors (Lipinski definition) is 2. The molecule has 1 aromatic heterocycles. The van der Waals surface area contributed by atoms with Gasteiger partial charge in [0.15, 0.2) is 0 Å². The van der Waals surface area contributed by atoms with E-state index in [4.69, 9.17) is 16.4 Å².